The molecule has 2 atom stereocenters. The van der Waals surface area contributed by atoms with Crippen molar-refractivity contribution >= 4 is 28.9 Å². The third-order valence-corrected chi connectivity index (χ3v) is 4.45. The Morgan fingerprint density at radius 3 is 2.10 bits per heavy atom. The van der Waals surface area contributed by atoms with Crippen LogP contribution in [0, 0.1) is 5.92 Å². The van der Waals surface area contributed by atoms with Gasteiger partial charge in [-0.2, -0.15) is 0 Å². The zero-order valence-corrected chi connectivity index (χ0v) is 14.6. The van der Waals surface area contributed by atoms with Crippen LogP contribution in [0.3, 0.4) is 0 Å². The molecule has 0 N–H and O–H groups in total. The quantitative estimate of drug-likeness (QED) is 0.792. The maximum absolute atomic E-state index is 6.29. The molecule has 0 saturated carbocycles. The number of oxime groups is 1. The molecule has 0 saturated heterocycles. The summed E-state index contributed by atoms with van der Waals surface area (Å²) in [6, 6.07) is 6.23. The molecule has 0 unspecified atom stereocenters. The first-order valence-corrected chi connectivity index (χ1v) is 8.05. The molecule has 1 aromatic carbocycles. The molecule has 0 aromatic heterocycles. The highest BCUT2D eigenvalue weighted by Gasteiger charge is 2.39. The van der Waals surface area contributed by atoms with Crippen LogP contribution in [-0.2, 0) is 4.84 Å². The molecule has 1 aliphatic rings. The van der Waals surface area contributed by atoms with E-state index in [0.29, 0.717) is 22.1 Å². The molecule has 0 aliphatic carbocycles. The summed E-state index contributed by atoms with van der Waals surface area (Å²) in [4.78, 5) is 8.04. The Morgan fingerprint density at radius 1 is 1.10 bits per heavy atom. The minimum absolute atomic E-state index is 0.0904. The van der Waals surface area contributed by atoms with Crippen molar-refractivity contribution in [3.05, 3.63) is 33.8 Å². The maximum Gasteiger partial charge on any atom is 0.189 e. The van der Waals surface area contributed by atoms with Crippen molar-refractivity contribution in [2.24, 2.45) is 11.1 Å². The van der Waals surface area contributed by atoms with E-state index in [2.05, 4.69) is 44.7 Å². The third-order valence-electron chi connectivity index (χ3n) is 3.82. The minimum Gasteiger partial charge on any atom is -0.375 e. The van der Waals surface area contributed by atoms with Gasteiger partial charge in [-0.1, -0.05) is 41.3 Å². The van der Waals surface area contributed by atoms with Gasteiger partial charge in [-0.3, -0.25) is 4.90 Å². The molecule has 0 spiro atoms. The molecule has 0 radical (unpaired) electrons. The van der Waals surface area contributed by atoms with Crippen LogP contribution in [-0.4, -0.2) is 28.9 Å². The normalized spacial score (nSPS) is 22.1. The Kier molecular flexibility index (Phi) is 5.18. The highest BCUT2D eigenvalue weighted by molar-refractivity contribution is 6.40. The van der Waals surface area contributed by atoms with Crippen LogP contribution in [0.25, 0.3) is 0 Å². The van der Waals surface area contributed by atoms with E-state index in [4.69, 9.17) is 28.0 Å². The molecule has 1 aliphatic heterocycles. The van der Waals surface area contributed by atoms with E-state index >= 15 is 0 Å². The zero-order chi connectivity index (χ0) is 15.7. The van der Waals surface area contributed by atoms with Crippen LogP contribution in [0.2, 0.25) is 10.0 Å². The molecule has 2 rings (SSSR count). The van der Waals surface area contributed by atoms with Gasteiger partial charge in [0, 0.05) is 17.6 Å². The summed E-state index contributed by atoms with van der Waals surface area (Å²) < 4.78 is 0. The van der Waals surface area contributed by atoms with Crippen molar-refractivity contribution in [2.45, 2.75) is 52.9 Å². The second-order valence-corrected chi connectivity index (χ2v) is 6.81. The Hall–Kier alpha value is -0.770. The van der Waals surface area contributed by atoms with E-state index in [0.717, 1.165) is 11.3 Å². The summed E-state index contributed by atoms with van der Waals surface area (Å²) in [5, 5.41) is 5.50. The molecule has 5 heteroatoms. The van der Waals surface area contributed by atoms with Crippen LogP contribution >= 0.6 is 23.2 Å². The largest absolute Gasteiger partial charge is 0.375 e. The predicted octanol–water partition coefficient (Wildman–Crippen LogP) is 4.81. The average Bonchev–Trinajstić information content (AvgIpc) is 2.71. The van der Waals surface area contributed by atoms with E-state index in [1.807, 2.05) is 18.2 Å². The first-order chi connectivity index (χ1) is 9.84. The lowest BCUT2D eigenvalue weighted by molar-refractivity contribution is -0.0856. The number of halogens is 2. The van der Waals surface area contributed by atoms with Crippen LogP contribution in [0.4, 0.5) is 0 Å². The van der Waals surface area contributed by atoms with Crippen molar-refractivity contribution in [3.8, 4) is 0 Å². The molecular weight excluding hydrogens is 307 g/mol. The summed E-state index contributed by atoms with van der Waals surface area (Å²) in [5.74, 6) is 0.104. The van der Waals surface area contributed by atoms with Crippen molar-refractivity contribution in [2.75, 3.05) is 0 Å². The van der Waals surface area contributed by atoms with E-state index < -0.39 is 0 Å². The van der Waals surface area contributed by atoms with Crippen molar-refractivity contribution < 1.29 is 4.84 Å². The number of benzene rings is 1. The number of hydrogen-bond acceptors (Lipinski definition) is 3. The highest BCUT2D eigenvalue weighted by Crippen LogP contribution is 2.34. The standard InChI is InChI=1S/C16H22Cl2N2O/c1-9(2)20(10(3)4)16-11(5)15(19-21-16)14-12(17)7-6-8-13(14)18/h6-11,16H,1-5H3/t11-,16+/m0/s1. The molecule has 116 valence electrons. The fourth-order valence-corrected chi connectivity index (χ4v) is 3.52. The second-order valence-electron chi connectivity index (χ2n) is 5.99. The lowest BCUT2D eigenvalue weighted by atomic mass is 9.95. The SMILES string of the molecule is CC(C)N(C(C)C)[C@@H]1ON=C(c2c(Cl)cccc2Cl)[C@@H]1C. The van der Waals surface area contributed by atoms with E-state index in [9.17, 15) is 0 Å². The monoisotopic (exact) mass is 328 g/mol. The van der Waals surface area contributed by atoms with Gasteiger partial charge in [-0.05, 0) is 39.8 Å². The van der Waals surface area contributed by atoms with E-state index in [-0.39, 0.29) is 12.1 Å². The van der Waals surface area contributed by atoms with Gasteiger partial charge >= 0.3 is 0 Å². The number of rotatable bonds is 4. The highest BCUT2D eigenvalue weighted by atomic mass is 35.5. The summed E-state index contributed by atoms with van der Waals surface area (Å²) in [5.41, 5.74) is 1.60. The van der Waals surface area contributed by atoms with Gasteiger partial charge in [0.25, 0.3) is 0 Å². The zero-order valence-electron chi connectivity index (χ0n) is 13.1. The summed E-state index contributed by atoms with van der Waals surface area (Å²) in [7, 11) is 0. The maximum atomic E-state index is 6.29. The van der Waals surface area contributed by atoms with E-state index in [1.165, 1.54) is 0 Å². The van der Waals surface area contributed by atoms with Crippen molar-refractivity contribution in [1.82, 2.24) is 4.90 Å². The first kappa shape index (κ1) is 16.6. The van der Waals surface area contributed by atoms with Gasteiger partial charge in [0.1, 0.15) is 0 Å². The Bertz CT molecular complexity index is 515. The van der Waals surface area contributed by atoms with Gasteiger partial charge in [-0.15, -0.1) is 0 Å². The van der Waals surface area contributed by atoms with Crippen molar-refractivity contribution in [3.63, 3.8) is 0 Å². The lowest BCUT2D eigenvalue weighted by Crippen LogP contribution is -2.48. The molecule has 0 fully saturated rings. The Labute approximate surface area is 136 Å². The van der Waals surface area contributed by atoms with Gasteiger partial charge in [-0.25, -0.2) is 0 Å². The minimum atomic E-state index is -0.0904. The van der Waals surface area contributed by atoms with Crippen molar-refractivity contribution in [1.29, 1.82) is 0 Å². The van der Waals surface area contributed by atoms with Crippen LogP contribution in [0.15, 0.2) is 23.4 Å². The number of hydrogen-bond donors (Lipinski definition) is 0. The molecule has 21 heavy (non-hydrogen) atoms. The third kappa shape index (κ3) is 3.20. The summed E-state index contributed by atoms with van der Waals surface area (Å²) >= 11 is 12.6. The van der Waals surface area contributed by atoms with Crippen LogP contribution in [0.1, 0.15) is 40.2 Å². The fraction of sp³-hybridized carbons (Fsp3) is 0.562. The molecule has 1 aromatic rings. The topological polar surface area (TPSA) is 24.8 Å². The average molecular weight is 329 g/mol. The predicted molar refractivity (Wildman–Crippen MR) is 89.1 cm³/mol. The van der Waals surface area contributed by atoms with Crippen LogP contribution < -0.4 is 0 Å². The second kappa shape index (κ2) is 6.55. The lowest BCUT2D eigenvalue weighted by Gasteiger charge is -2.36. The van der Waals surface area contributed by atoms with Gasteiger partial charge in [0.05, 0.1) is 21.7 Å². The van der Waals surface area contributed by atoms with E-state index in [1.54, 1.807) is 0 Å². The molecular formula is C16H22Cl2N2O. The summed E-state index contributed by atoms with van der Waals surface area (Å²) in [6.07, 6.45) is -0.0904. The smallest absolute Gasteiger partial charge is 0.189 e. The van der Waals surface area contributed by atoms with Gasteiger partial charge in [0.15, 0.2) is 6.23 Å². The van der Waals surface area contributed by atoms with Crippen LogP contribution in [0.5, 0.6) is 0 Å². The fourth-order valence-electron chi connectivity index (χ4n) is 2.93. The number of nitrogens with zero attached hydrogens (tertiary/aromatic N) is 2. The summed E-state index contributed by atoms with van der Waals surface area (Å²) in [6.45, 7) is 10.8. The first-order valence-electron chi connectivity index (χ1n) is 7.30. The molecule has 0 bridgehead atoms. The Balaban J connectivity index is 2.31. The van der Waals surface area contributed by atoms with Gasteiger partial charge < -0.3 is 4.84 Å². The molecule has 0 amide bonds. The van der Waals surface area contributed by atoms with Gasteiger partial charge in [0.2, 0.25) is 0 Å². The molecule has 3 nitrogen and oxygen atoms in total. The molecule has 1 heterocycles. The Morgan fingerprint density at radius 2 is 1.62 bits per heavy atom.